The van der Waals surface area contributed by atoms with Gasteiger partial charge in [-0.2, -0.15) is 5.10 Å². The molecule has 1 atom stereocenters. The van der Waals surface area contributed by atoms with Crippen LogP contribution in [0.4, 0.5) is 17.1 Å². The predicted molar refractivity (Wildman–Crippen MR) is 162 cm³/mol. The molecule has 4 aromatic rings. The van der Waals surface area contributed by atoms with Crippen molar-refractivity contribution >= 4 is 41.4 Å². The number of benzene rings is 4. The number of alkyl halides is 1. The number of hydrazone groups is 1. The predicted octanol–water partition coefficient (Wildman–Crippen LogP) is 8.24. The lowest BCUT2D eigenvalue weighted by Gasteiger charge is -2.39. The third kappa shape index (κ3) is 5.55. The van der Waals surface area contributed by atoms with Gasteiger partial charge in [0.05, 0.1) is 5.69 Å². The molecular weight excluding hydrogens is 511 g/mol. The maximum Gasteiger partial charge on any atom is 0.247 e. The number of allylic oxidation sites excluding steroid dienone is 1. The quantitative estimate of drug-likeness (QED) is 0.162. The molecule has 1 N–H and O–H groups in total. The lowest BCUT2D eigenvalue weighted by atomic mass is 10.2. The van der Waals surface area contributed by atoms with Crippen molar-refractivity contribution in [3.63, 3.8) is 0 Å². The highest BCUT2D eigenvalue weighted by Crippen LogP contribution is 2.64. The van der Waals surface area contributed by atoms with Gasteiger partial charge in [0.2, 0.25) is 7.29 Å². The van der Waals surface area contributed by atoms with E-state index < -0.39 is 7.29 Å². The van der Waals surface area contributed by atoms with Gasteiger partial charge >= 0.3 is 0 Å². The highest BCUT2D eigenvalue weighted by Gasteiger charge is 2.43. The van der Waals surface area contributed by atoms with Crippen LogP contribution < -0.4 is 15.0 Å². The number of nitrogens with zero attached hydrogens (tertiary/aromatic N) is 3. The Balaban J connectivity index is 1.62. The average Bonchev–Trinajstić information content (AvgIpc) is 2.98. The van der Waals surface area contributed by atoms with Crippen LogP contribution in [0.15, 0.2) is 138 Å². The maximum absolute atomic E-state index is 15.6. The molecule has 0 saturated carbocycles. The summed E-state index contributed by atoms with van der Waals surface area (Å²) in [5.41, 5.74) is 4.17. The molecule has 5 rings (SSSR count). The van der Waals surface area contributed by atoms with Crippen LogP contribution in [-0.4, -0.2) is 24.4 Å². The van der Waals surface area contributed by atoms with E-state index in [2.05, 4.69) is 5.32 Å². The molecule has 1 aliphatic heterocycles. The summed E-state index contributed by atoms with van der Waals surface area (Å²) in [6.45, 7) is 1.11. The molecule has 1 aliphatic rings. The minimum absolute atomic E-state index is 0.353. The molecule has 0 radical (unpaired) electrons. The van der Waals surface area contributed by atoms with Gasteiger partial charge in [-0.15, -0.1) is 11.6 Å². The summed E-state index contributed by atoms with van der Waals surface area (Å²) in [5.74, 6) is 0.353. The van der Waals surface area contributed by atoms with E-state index in [9.17, 15) is 0 Å². The third-order valence-corrected chi connectivity index (χ3v) is 9.71. The molecule has 0 bridgehead atoms. The fourth-order valence-electron chi connectivity index (χ4n) is 4.56. The van der Waals surface area contributed by atoms with Crippen molar-refractivity contribution in [3.05, 3.63) is 138 Å². The van der Waals surface area contributed by atoms with Crippen LogP contribution in [0.1, 0.15) is 12.0 Å². The topological polar surface area (TPSA) is 47.9 Å². The second-order valence-electron chi connectivity index (χ2n) is 8.86. The fourth-order valence-corrected chi connectivity index (χ4v) is 7.94. The first-order valence-electron chi connectivity index (χ1n) is 12.7. The van der Waals surface area contributed by atoms with Gasteiger partial charge in [0.15, 0.2) is 5.45 Å². The summed E-state index contributed by atoms with van der Waals surface area (Å²) in [6.07, 6.45) is 2.38. The molecule has 192 valence electrons. The van der Waals surface area contributed by atoms with Gasteiger partial charge in [0.25, 0.3) is 0 Å². The molecule has 1 unspecified atom stereocenters. The molecule has 0 fully saturated rings. The highest BCUT2D eigenvalue weighted by atomic mass is 35.5. The maximum atomic E-state index is 15.6. The van der Waals surface area contributed by atoms with Gasteiger partial charge in [-0.3, -0.25) is 4.57 Å². The van der Waals surface area contributed by atoms with Gasteiger partial charge < -0.3 is 9.99 Å². The Labute approximate surface area is 229 Å². The van der Waals surface area contributed by atoms with Crippen molar-refractivity contribution in [1.29, 1.82) is 0 Å². The molecule has 0 aromatic heterocycles. The Kier molecular flexibility index (Phi) is 8.28. The second-order valence-corrected chi connectivity index (χ2v) is 11.9. The van der Waals surface area contributed by atoms with E-state index in [1.54, 1.807) is 0 Å². The van der Waals surface area contributed by atoms with Gasteiger partial charge in [0, 0.05) is 47.4 Å². The largest absolute Gasteiger partial charge is 0.383 e. The third-order valence-electron chi connectivity index (χ3n) is 6.37. The molecule has 0 aliphatic carbocycles. The first-order valence-corrected chi connectivity index (χ1v) is 14.9. The summed E-state index contributed by atoms with van der Waals surface area (Å²) in [5, 5.41) is 11.1. The van der Waals surface area contributed by atoms with Crippen LogP contribution in [-0.2, 0) is 4.57 Å². The van der Waals surface area contributed by atoms with E-state index in [-0.39, 0.29) is 0 Å². The van der Waals surface area contributed by atoms with Gasteiger partial charge in [-0.25, -0.2) is 5.01 Å². The summed E-state index contributed by atoms with van der Waals surface area (Å²) < 4.78 is 17.6. The monoisotopic (exact) mass is 540 g/mol. The van der Waals surface area contributed by atoms with E-state index in [4.69, 9.17) is 16.7 Å². The van der Waals surface area contributed by atoms with Crippen molar-refractivity contribution in [2.75, 3.05) is 34.0 Å². The fraction of sp³-hybridized carbons (Fsp3) is 0.129. The van der Waals surface area contributed by atoms with Crippen molar-refractivity contribution in [3.8, 4) is 0 Å². The van der Waals surface area contributed by atoms with E-state index in [0.717, 1.165) is 27.9 Å². The number of rotatable bonds is 10. The van der Waals surface area contributed by atoms with Gasteiger partial charge in [0.1, 0.15) is 0 Å². The number of hydrogen-bond acceptors (Lipinski definition) is 4. The summed E-state index contributed by atoms with van der Waals surface area (Å²) >= 11 is 6.33. The Bertz CT molecular complexity index is 1430. The second kappa shape index (κ2) is 12.2. The van der Waals surface area contributed by atoms with E-state index >= 15 is 4.57 Å². The molecule has 1 heterocycles. The first-order chi connectivity index (χ1) is 18.7. The standard InChI is InChI=1S/C31H30ClN4OP/c32-22-21-30-25-35(28-17-9-3-10-18-28)34-31(26-13-5-1-6-14-26)38(30,37)36(29-19-11-4-12-20-29)24-23-33-27-15-7-2-8-16-27/h1-20,25,33H,21-24H2. The summed E-state index contributed by atoms with van der Waals surface area (Å²) in [6, 6.07) is 39.7. The molecule has 38 heavy (non-hydrogen) atoms. The zero-order chi connectivity index (χ0) is 26.2. The number of anilines is 3. The zero-order valence-electron chi connectivity index (χ0n) is 21.0. The van der Waals surface area contributed by atoms with Gasteiger partial charge in [-0.05, 0) is 42.8 Å². The lowest BCUT2D eigenvalue weighted by Crippen LogP contribution is -2.33. The van der Waals surface area contributed by atoms with Crippen LogP contribution in [0.25, 0.3) is 0 Å². The Morgan fingerprint density at radius 1 is 0.789 bits per heavy atom. The molecule has 5 nitrogen and oxygen atoms in total. The van der Waals surface area contributed by atoms with Crippen LogP contribution in [0.2, 0.25) is 0 Å². The minimum Gasteiger partial charge on any atom is -0.383 e. The molecule has 7 heteroatoms. The van der Waals surface area contributed by atoms with Crippen molar-refractivity contribution < 1.29 is 4.57 Å². The van der Waals surface area contributed by atoms with Crippen molar-refractivity contribution in [2.24, 2.45) is 5.10 Å². The Morgan fingerprint density at radius 2 is 1.37 bits per heavy atom. The SMILES string of the molecule is O=P1(N(CCNc2ccccc2)c2ccccc2)C(CCCl)=CN(c2ccccc2)N=C1c1ccccc1. The molecule has 0 amide bonds. The molecule has 4 aromatic carbocycles. The lowest BCUT2D eigenvalue weighted by molar-refractivity contribution is 0.581. The zero-order valence-corrected chi connectivity index (χ0v) is 22.7. The minimum atomic E-state index is -3.40. The normalized spacial score (nSPS) is 16.9. The molecular formula is C31H30ClN4OP. The van der Waals surface area contributed by atoms with Crippen molar-refractivity contribution in [2.45, 2.75) is 6.42 Å². The van der Waals surface area contributed by atoms with Crippen LogP contribution in [0.3, 0.4) is 0 Å². The van der Waals surface area contributed by atoms with E-state index in [0.29, 0.717) is 30.8 Å². The van der Waals surface area contributed by atoms with Crippen molar-refractivity contribution in [1.82, 2.24) is 0 Å². The first kappa shape index (κ1) is 25.8. The smallest absolute Gasteiger partial charge is 0.247 e. The Morgan fingerprint density at radius 3 is 2.00 bits per heavy atom. The van der Waals surface area contributed by atoms with E-state index in [1.165, 1.54) is 0 Å². The average molecular weight is 541 g/mol. The summed E-state index contributed by atoms with van der Waals surface area (Å²) in [4.78, 5) is 0. The number of para-hydroxylation sites is 3. The van der Waals surface area contributed by atoms with Crippen LogP contribution in [0.5, 0.6) is 0 Å². The molecule has 0 saturated heterocycles. The summed E-state index contributed by atoms with van der Waals surface area (Å²) in [7, 11) is -3.40. The van der Waals surface area contributed by atoms with E-state index in [1.807, 2.05) is 137 Å². The highest BCUT2D eigenvalue weighted by molar-refractivity contribution is 7.86. The molecule has 0 spiro atoms. The Hall–Kier alpha value is -3.79. The number of nitrogens with one attached hydrogen (secondary N) is 1. The number of hydrogen-bond donors (Lipinski definition) is 1. The van der Waals surface area contributed by atoms with Crippen LogP contribution >= 0.6 is 18.9 Å². The van der Waals surface area contributed by atoms with Crippen LogP contribution in [0, 0.1) is 0 Å². The number of halogens is 1. The van der Waals surface area contributed by atoms with Gasteiger partial charge in [-0.1, -0.05) is 84.9 Å².